The first-order valence-corrected chi connectivity index (χ1v) is 8.82. The highest BCUT2D eigenvalue weighted by molar-refractivity contribution is 6.32. The van der Waals surface area contributed by atoms with Gasteiger partial charge in [-0.1, -0.05) is 17.7 Å². The molecule has 1 aliphatic rings. The summed E-state index contributed by atoms with van der Waals surface area (Å²) in [6.07, 6.45) is 2.09. The Morgan fingerprint density at radius 3 is 2.56 bits per heavy atom. The maximum Gasteiger partial charge on any atom is 0.317 e. The Bertz CT molecular complexity index is 561. The average molecular weight is 391 g/mol. The molecule has 1 aromatic rings. The molecule has 0 unspecified atom stereocenters. The summed E-state index contributed by atoms with van der Waals surface area (Å²) in [5, 5.41) is 9.54. The van der Waals surface area contributed by atoms with Crippen LogP contribution in [0.3, 0.4) is 0 Å². The minimum absolute atomic E-state index is 0. The van der Waals surface area contributed by atoms with Gasteiger partial charge < -0.3 is 9.84 Å². The molecule has 1 heterocycles. The Hall–Kier alpha value is -1.01. The number of carboxylic acid groups (broad SMARTS) is 1. The van der Waals surface area contributed by atoms with Gasteiger partial charge in [0, 0.05) is 12.6 Å². The van der Waals surface area contributed by atoms with Gasteiger partial charge in [0.05, 0.1) is 17.7 Å². The summed E-state index contributed by atoms with van der Waals surface area (Å²) in [7, 11) is 1.89. The third-order valence-electron chi connectivity index (χ3n) is 4.33. The number of ether oxygens (including phenoxy) is 1. The first kappa shape index (κ1) is 22.0. The van der Waals surface area contributed by atoms with Crippen LogP contribution < -0.4 is 4.74 Å². The Kier molecular flexibility index (Phi) is 9.00. The van der Waals surface area contributed by atoms with Gasteiger partial charge in [-0.25, -0.2) is 0 Å². The van der Waals surface area contributed by atoms with Crippen molar-refractivity contribution in [3.8, 4) is 5.75 Å². The molecule has 142 valence electrons. The molecule has 1 fully saturated rings. The van der Waals surface area contributed by atoms with E-state index in [1.165, 1.54) is 5.56 Å². The van der Waals surface area contributed by atoms with E-state index in [0.717, 1.165) is 38.2 Å². The third-order valence-corrected chi connectivity index (χ3v) is 4.63. The van der Waals surface area contributed by atoms with E-state index in [-0.39, 0.29) is 25.1 Å². The molecule has 0 amide bonds. The van der Waals surface area contributed by atoms with Gasteiger partial charge in [-0.2, -0.15) is 0 Å². The summed E-state index contributed by atoms with van der Waals surface area (Å²) in [6.45, 7) is 6.87. The minimum atomic E-state index is -0.765. The van der Waals surface area contributed by atoms with Gasteiger partial charge in [0.25, 0.3) is 0 Å². The molecule has 0 aliphatic carbocycles. The lowest BCUT2D eigenvalue weighted by atomic mass is 10.0. The lowest BCUT2D eigenvalue weighted by Crippen LogP contribution is -2.44. The van der Waals surface area contributed by atoms with Crippen LogP contribution in [0.25, 0.3) is 0 Å². The van der Waals surface area contributed by atoms with Crippen LogP contribution in [0.15, 0.2) is 18.2 Å². The quantitative estimate of drug-likeness (QED) is 0.771. The van der Waals surface area contributed by atoms with Gasteiger partial charge in [-0.3, -0.25) is 14.6 Å². The van der Waals surface area contributed by atoms with Crippen LogP contribution in [-0.4, -0.2) is 59.7 Å². The van der Waals surface area contributed by atoms with Gasteiger partial charge in [-0.15, -0.1) is 12.4 Å². The molecule has 7 heteroatoms. The van der Waals surface area contributed by atoms with E-state index in [1.54, 1.807) is 0 Å². The van der Waals surface area contributed by atoms with E-state index in [2.05, 4.69) is 11.0 Å². The minimum Gasteiger partial charge on any atom is -0.489 e. The van der Waals surface area contributed by atoms with Crippen LogP contribution in [0.4, 0.5) is 0 Å². The van der Waals surface area contributed by atoms with Crippen LogP contribution in [0, 0.1) is 0 Å². The lowest BCUT2D eigenvalue weighted by molar-refractivity contribution is -0.138. The number of likely N-dealkylation sites (tertiary alicyclic amines) is 1. The number of hydrogen-bond acceptors (Lipinski definition) is 4. The number of piperidine rings is 1. The topological polar surface area (TPSA) is 53.0 Å². The second-order valence-corrected chi connectivity index (χ2v) is 7.15. The van der Waals surface area contributed by atoms with Crippen molar-refractivity contribution < 1.29 is 14.6 Å². The van der Waals surface area contributed by atoms with E-state index < -0.39 is 5.97 Å². The SMILES string of the molecule is CC(C)Oc1ccc(CN2CCC(N(C)CC(=O)O)CC2)cc1Cl.Cl. The predicted octanol–water partition coefficient (Wildman–Crippen LogP) is 3.53. The number of nitrogens with zero attached hydrogens (tertiary/aromatic N) is 2. The normalized spacial score (nSPS) is 16.1. The summed E-state index contributed by atoms with van der Waals surface area (Å²) in [4.78, 5) is 15.1. The van der Waals surface area contributed by atoms with Crippen molar-refractivity contribution in [1.82, 2.24) is 9.80 Å². The first-order valence-electron chi connectivity index (χ1n) is 8.44. The maximum atomic E-state index is 10.8. The van der Waals surface area contributed by atoms with Crippen molar-refractivity contribution in [3.05, 3.63) is 28.8 Å². The van der Waals surface area contributed by atoms with Crippen LogP contribution in [0.1, 0.15) is 32.3 Å². The zero-order chi connectivity index (χ0) is 17.7. The van der Waals surface area contributed by atoms with Crippen molar-refractivity contribution in [2.75, 3.05) is 26.7 Å². The van der Waals surface area contributed by atoms with Gasteiger partial charge in [-0.05, 0) is 64.5 Å². The van der Waals surface area contributed by atoms with Crippen molar-refractivity contribution in [2.24, 2.45) is 0 Å². The number of carboxylic acids is 1. The average Bonchev–Trinajstić information content (AvgIpc) is 2.49. The highest BCUT2D eigenvalue weighted by atomic mass is 35.5. The number of aliphatic carboxylic acids is 1. The number of likely N-dealkylation sites (N-methyl/N-ethyl adjacent to an activating group) is 1. The first-order chi connectivity index (χ1) is 11.3. The Morgan fingerprint density at radius 2 is 2.04 bits per heavy atom. The molecule has 0 spiro atoms. The molecule has 2 rings (SSSR count). The fourth-order valence-corrected chi connectivity index (χ4v) is 3.36. The smallest absolute Gasteiger partial charge is 0.317 e. The van der Waals surface area contributed by atoms with E-state index in [9.17, 15) is 4.79 Å². The van der Waals surface area contributed by atoms with Crippen molar-refractivity contribution in [1.29, 1.82) is 0 Å². The molecule has 25 heavy (non-hydrogen) atoms. The van der Waals surface area contributed by atoms with E-state index in [4.69, 9.17) is 21.4 Å². The zero-order valence-corrected chi connectivity index (χ0v) is 16.6. The second kappa shape index (κ2) is 10.2. The molecular formula is C18H28Cl2N2O3. The summed E-state index contributed by atoms with van der Waals surface area (Å²) in [5.74, 6) is -0.0392. The molecule has 0 radical (unpaired) electrons. The van der Waals surface area contributed by atoms with Gasteiger partial charge in [0.15, 0.2) is 0 Å². The Morgan fingerprint density at radius 1 is 1.40 bits per heavy atom. The molecule has 0 saturated carbocycles. The van der Waals surface area contributed by atoms with E-state index >= 15 is 0 Å². The van der Waals surface area contributed by atoms with E-state index in [0.29, 0.717) is 11.1 Å². The fraction of sp³-hybridized carbons (Fsp3) is 0.611. The van der Waals surface area contributed by atoms with Crippen molar-refractivity contribution >= 4 is 30.0 Å². The van der Waals surface area contributed by atoms with Gasteiger partial charge >= 0.3 is 5.97 Å². The van der Waals surface area contributed by atoms with Crippen LogP contribution in [0.2, 0.25) is 5.02 Å². The molecule has 1 N–H and O–H groups in total. The summed E-state index contributed by atoms with van der Waals surface area (Å²) >= 11 is 6.30. The van der Waals surface area contributed by atoms with Crippen LogP contribution in [-0.2, 0) is 11.3 Å². The predicted molar refractivity (Wildman–Crippen MR) is 103 cm³/mol. The molecule has 0 bridgehead atoms. The third kappa shape index (κ3) is 7.02. The summed E-state index contributed by atoms with van der Waals surface area (Å²) in [5.41, 5.74) is 1.17. The molecule has 1 saturated heterocycles. The second-order valence-electron chi connectivity index (χ2n) is 6.75. The number of hydrogen-bond donors (Lipinski definition) is 1. The number of benzene rings is 1. The number of rotatable bonds is 7. The standard InChI is InChI=1S/C18H27ClN2O3.ClH/c1-13(2)24-17-5-4-14(10-16(17)19)11-21-8-6-15(7-9-21)20(3)12-18(22)23;/h4-5,10,13,15H,6-9,11-12H2,1-3H3,(H,22,23);1H. The Labute approximate surface area is 161 Å². The number of carbonyl (C=O) groups is 1. The fourth-order valence-electron chi connectivity index (χ4n) is 3.11. The van der Waals surface area contributed by atoms with Crippen molar-refractivity contribution in [2.45, 2.75) is 45.4 Å². The highest BCUT2D eigenvalue weighted by Crippen LogP contribution is 2.27. The number of halogens is 2. The molecule has 1 aromatic carbocycles. The molecule has 0 aromatic heterocycles. The largest absolute Gasteiger partial charge is 0.489 e. The van der Waals surface area contributed by atoms with Crippen molar-refractivity contribution in [3.63, 3.8) is 0 Å². The monoisotopic (exact) mass is 390 g/mol. The van der Waals surface area contributed by atoms with E-state index in [1.807, 2.05) is 37.9 Å². The zero-order valence-electron chi connectivity index (χ0n) is 15.1. The summed E-state index contributed by atoms with van der Waals surface area (Å²) < 4.78 is 5.66. The molecule has 5 nitrogen and oxygen atoms in total. The lowest BCUT2D eigenvalue weighted by Gasteiger charge is -2.36. The molecular weight excluding hydrogens is 363 g/mol. The molecule has 0 atom stereocenters. The van der Waals surface area contributed by atoms with Gasteiger partial charge in [0.1, 0.15) is 5.75 Å². The maximum absolute atomic E-state index is 10.8. The molecule has 1 aliphatic heterocycles. The Balaban J connectivity index is 0.00000312. The van der Waals surface area contributed by atoms with Crippen LogP contribution >= 0.6 is 24.0 Å². The van der Waals surface area contributed by atoms with Gasteiger partial charge in [0.2, 0.25) is 0 Å². The summed E-state index contributed by atoms with van der Waals surface area (Å²) in [6, 6.07) is 6.32. The van der Waals surface area contributed by atoms with Crippen LogP contribution in [0.5, 0.6) is 5.75 Å². The highest BCUT2D eigenvalue weighted by Gasteiger charge is 2.23.